The van der Waals surface area contributed by atoms with Crippen LogP contribution in [0.4, 0.5) is 0 Å². The summed E-state index contributed by atoms with van der Waals surface area (Å²) in [7, 11) is 1.69. The molecular weight excluding hydrogens is 226 g/mol. The molecule has 2 N–H and O–H groups in total. The number of hydrogen-bond acceptors (Lipinski definition) is 4. The summed E-state index contributed by atoms with van der Waals surface area (Å²) in [6.45, 7) is 5.95. The van der Waals surface area contributed by atoms with Gasteiger partial charge < -0.3 is 15.4 Å². The molecule has 1 aromatic carbocycles. The van der Waals surface area contributed by atoms with E-state index in [-0.39, 0.29) is 5.54 Å². The monoisotopic (exact) mass is 247 g/mol. The first-order chi connectivity index (χ1) is 8.61. The molecule has 1 aliphatic rings. The predicted octanol–water partition coefficient (Wildman–Crippen LogP) is 1.95. The number of aliphatic imine (C=N–C) groups is 1. The molecule has 0 saturated heterocycles. The van der Waals surface area contributed by atoms with Gasteiger partial charge in [-0.15, -0.1) is 0 Å². The number of guanidine groups is 1. The Morgan fingerprint density at radius 2 is 2.28 bits per heavy atom. The van der Waals surface area contributed by atoms with Gasteiger partial charge in [0.2, 0.25) is 0 Å². The highest BCUT2D eigenvalue weighted by molar-refractivity contribution is 5.81. The SMILES string of the molecule is CCCN1C(N)=NCC1(C)c1cccc(OC)c1. The molecule has 1 heterocycles. The van der Waals surface area contributed by atoms with Crippen molar-refractivity contribution >= 4 is 5.96 Å². The number of methoxy groups -OCH3 is 1. The van der Waals surface area contributed by atoms with Crippen molar-refractivity contribution in [2.75, 3.05) is 20.2 Å². The summed E-state index contributed by atoms with van der Waals surface area (Å²) in [6, 6.07) is 8.14. The fraction of sp³-hybridized carbons (Fsp3) is 0.500. The second kappa shape index (κ2) is 4.88. The Hall–Kier alpha value is -1.71. The molecule has 0 radical (unpaired) electrons. The highest BCUT2D eigenvalue weighted by Gasteiger charge is 2.39. The van der Waals surface area contributed by atoms with Gasteiger partial charge in [-0.2, -0.15) is 0 Å². The second-order valence-electron chi connectivity index (χ2n) is 4.83. The van der Waals surface area contributed by atoms with Crippen LogP contribution in [0.25, 0.3) is 0 Å². The topological polar surface area (TPSA) is 50.8 Å². The normalized spacial score (nSPS) is 23.1. The van der Waals surface area contributed by atoms with Crippen LogP contribution in [-0.4, -0.2) is 31.1 Å². The van der Waals surface area contributed by atoms with Crippen LogP contribution in [0.5, 0.6) is 5.75 Å². The van der Waals surface area contributed by atoms with Crippen molar-refractivity contribution in [1.82, 2.24) is 4.90 Å². The number of ether oxygens (including phenoxy) is 1. The molecule has 1 unspecified atom stereocenters. The molecule has 0 aliphatic carbocycles. The van der Waals surface area contributed by atoms with Crippen LogP contribution in [-0.2, 0) is 5.54 Å². The van der Waals surface area contributed by atoms with Gasteiger partial charge in [0, 0.05) is 6.54 Å². The van der Waals surface area contributed by atoms with Crippen LogP contribution >= 0.6 is 0 Å². The Bertz CT molecular complexity index is 458. The first-order valence-corrected chi connectivity index (χ1v) is 6.34. The molecule has 0 spiro atoms. The minimum Gasteiger partial charge on any atom is -0.497 e. The molecule has 2 rings (SSSR count). The van der Waals surface area contributed by atoms with Crippen molar-refractivity contribution in [1.29, 1.82) is 0 Å². The van der Waals surface area contributed by atoms with E-state index in [0.29, 0.717) is 12.5 Å². The van der Waals surface area contributed by atoms with Crippen molar-refractivity contribution in [2.45, 2.75) is 25.8 Å². The summed E-state index contributed by atoms with van der Waals surface area (Å²) in [5.41, 5.74) is 7.03. The smallest absolute Gasteiger partial charge is 0.192 e. The summed E-state index contributed by atoms with van der Waals surface area (Å²) in [6.07, 6.45) is 1.05. The third kappa shape index (κ3) is 2.03. The fourth-order valence-electron chi connectivity index (χ4n) is 2.45. The van der Waals surface area contributed by atoms with Gasteiger partial charge in [0.1, 0.15) is 5.75 Å². The molecule has 1 aromatic rings. The quantitative estimate of drug-likeness (QED) is 0.884. The average molecular weight is 247 g/mol. The third-order valence-electron chi connectivity index (χ3n) is 3.56. The summed E-state index contributed by atoms with van der Waals surface area (Å²) in [4.78, 5) is 6.58. The number of nitrogens with two attached hydrogens (primary N) is 1. The van der Waals surface area contributed by atoms with E-state index in [1.165, 1.54) is 5.56 Å². The molecule has 0 aromatic heterocycles. The van der Waals surface area contributed by atoms with Gasteiger partial charge in [-0.25, -0.2) is 0 Å². The molecule has 0 bridgehead atoms. The Balaban J connectivity index is 2.35. The minimum atomic E-state index is -0.158. The molecule has 0 fully saturated rings. The van der Waals surface area contributed by atoms with E-state index in [1.807, 2.05) is 12.1 Å². The van der Waals surface area contributed by atoms with E-state index in [9.17, 15) is 0 Å². The second-order valence-corrected chi connectivity index (χ2v) is 4.83. The average Bonchev–Trinajstić information content (AvgIpc) is 2.69. The van der Waals surface area contributed by atoms with Crippen molar-refractivity contribution < 1.29 is 4.74 Å². The number of hydrogen-bond donors (Lipinski definition) is 1. The van der Waals surface area contributed by atoms with E-state index >= 15 is 0 Å². The Morgan fingerprint density at radius 1 is 1.50 bits per heavy atom. The standard InChI is InChI=1S/C14H21N3O/c1-4-8-17-13(15)16-10-14(17,2)11-6-5-7-12(9-11)18-3/h5-7,9H,4,8,10H2,1-3H3,(H2,15,16). The van der Waals surface area contributed by atoms with Gasteiger partial charge >= 0.3 is 0 Å². The van der Waals surface area contributed by atoms with Gasteiger partial charge in [-0.05, 0) is 31.0 Å². The first-order valence-electron chi connectivity index (χ1n) is 6.34. The lowest BCUT2D eigenvalue weighted by Crippen LogP contribution is -2.47. The largest absolute Gasteiger partial charge is 0.497 e. The van der Waals surface area contributed by atoms with E-state index in [1.54, 1.807) is 7.11 Å². The van der Waals surface area contributed by atoms with E-state index in [2.05, 4.69) is 35.9 Å². The molecular formula is C14H21N3O. The van der Waals surface area contributed by atoms with Crippen LogP contribution < -0.4 is 10.5 Å². The molecule has 0 saturated carbocycles. The summed E-state index contributed by atoms with van der Waals surface area (Å²) < 4.78 is 5.29. The van der Waals surface area contributed by atoms with Crippen LogP contribution in [0.1, 0.15) is 25.8 Å². The highest BCUT2D eigenvalue weighted by Crippen LogP contribution is 2.34. The zero-order valence-electron chi connectivity index (χ0n) is 11.3. The Labute approximate surface area is 108 Å². The Morgan fingerprint density at radius 3 is 2.94 bits per heavy atom. The van der Waals surface area contributed by atoms with Crippen molar-refractivity contribution in [3.8, 4) is 5.75 Å². The fourth-order valence-corrected chi connectivity index (χ4v) is 2.45. The lowest BCUT2D eigenvalue weighted by molar-refractivity contribution is 0.224. The van der Waals surface area contributed by atoms with Crippen LogP contribution in [0.15, 0.2) is 29.3 Å². The van der Waals surface area contributed by atoms with Gasteiger partial charge in [0.05, 0.1) is 19.2 Å². The maximum Gasteiger partial charge on any atom is 0.192 e. The molecule has 4 heteroatoms. The molecule has 18 heavy (non-hydrogen) atoms. The van der Waals surface area contributed by atoms with Crippen molar-refractivity contribution in [3.63, 3.8) is 0 Å². The number of nitrogens with zero attached hydrogens (tertiary/aromatic N) is 2. The number of rotatable bonds is 4. The minimum absolute atomic E-state index is 0.158. The summed E-state index contributed by atoms with van der Waals surface area (Å²) in [5, 5.41) is 0. The van der Waals surface area contributed by atoms with Crippen LogP contribution in [0.3, 0.4) is 0 Å². The summed E-state index contributed by atoms with van der Waals surface area (Å²) in [5.74, 6) is 1.51. The lowest BCUT2D eigenvalue weighted by atomic mass is 9.91. The van der Waals surface area contributed by atoms with Gasteiger partial charge in [-0.1, -0.05) is 19.1 Å². The molecule has 0 amide bonds. The van der Waals surface area contributed by atoms with Gasteiger partial charge in [0.25, 0.3) is 0 Å². The molecule has 1 aliphatic heterocycles. The van der Waals surface area contributed by atoms with Crippen molar-refractivity contribution in [3.05, 3.63) is 29.8 Å². The van der Waals surface area contributed by atoms with E-state index < -0.39 is 0 Å². The van der Waals surface area contributed by atoms with Crippen LogP contribution in [0, 0.1) is 0 Å². The zero-order chi connectivity index (χ0) is 13.2. The van der Waals surface area contributed by atoms with Crippen molar-refractivity contribution in [2.24, 2.45) is 10.7 Å². The third-order valence-corrected chi connectivity index (χ3v) is 3.56. The van der Waals surface area contributed by atoms with Gasteiger partial charge in [0.15, 0.2) is 5.96 Å². The zero-order valence-corrected chi connectivity index (χ0v) is 11.3. The van der Waals surface area contributed by atoms with Crippen LogP contribution in [0.2, 0.25) is 0 Å². The van der Waals surface area contributed by atoms with E-state index in [4.69, 9.17) is 10.5 Å². The summed E-state index contributed by atoms with van der Waals surface area (Å²) >= 11 is 0. The maximum absolute atomic E-state index is 5.99. The number of benzene rings is 1. The molecule has 1 atom stereocenters. The first kappa shape index (κ1) is 12.7. The Kier molecular flexibility index (Phi) is 3.45. The molecule has 4 nitrogen and oxygen atoms in total. The predicted molar refractivity (Wildman–Crippen MR) is 73.8 cm³/mol. The lowest BCUT2D eigenvalue weighted by Gasteiger charge is -2.36. The van der Waals surface area contributed by atoms with Gasteiger partial charge in [-0.3, -0.25) is 4.99 Å². The van der Waals surface area contributed by atoms with E-state index in [0.717, 1.165) is 18.7 Å². The maximum atomic E-state index is 5.99. The highest BCUT2D eigenvalue weighted by atomic mass is 16.5. The molecule has 98 valence electrons.